The van der Waals surface area contributed by atoms with Gasteiger partial charge in [-0.25, -0.2) is 4.98 Å². The topological polar surface area (TPSA) is 63.8 Å². The van der Waals surface area contributed by atoms with Gasteiger partial charge in [-0.15, -0.1) is 11.3 Å². The van der Waals surface area contributed by atoms with E-state index in [-0.39, 0.29) is 0 Å². The zero-order chi connectivity index (χ0) is 9.54. The Morgan fingerprint density at radius 3 is 3.07 bits per heavy atom. The summed E-state index contributed by atoms with van der Waals surface area (Å²) >= 11 is 1.65. The highest BCUT2D eigenvalue weighted by atomic mass is 32.1. The van der Waals surface area contributed by atoms with Crippen molar-refractivity contribution in [2.45, 2.75) is 18.9 Å². The lowest BCUT2D eigenvalue weighted by Gasteiger charge is -2.04. The predicted octanol–water partition coefficient (Wildman–Crippen LogP) is 1.85. The number of rotatable bonds is 2. The summed E-state index contributed by atoms with van der Waals surface area (Å²) in [7, 11) is 0. The van der Waals surface area contributed by atoms with Gasteiger partial charge in [-0.1, -0.05) is 0 Å². The fraction of sp³-hybridized carbons (Fsp3) is 0.333. The van der Waals surface area contributed by atoms with Gasteiger partial charge >= 0.3 is 0 Å². The van der Waals surface area contributed by atoms with Crippen molar-refractivity contribution >= 4 is 33.3 Å². The van der Waals surface area contributed by atoms with E-state index in [0.29, 0.717) is 12.0 Å². The van der Waals surface area contributed by atoms with Crippen LogP contribution in [0.2, 0.25) is 0 Å². The van der Waals surface area contributed by atoms with Gasteiger partial charge in [0.25, 0.3) is 0 Å². The first kappa shape index (κ1) is 7.99. The molecule has 0 bridgehead atoms. The number of nitrogens with zero attached hydrogens (tertiary/aromatic N) is 2. The molecule has 1 aliphatic rings. The Hall–Kier alpha value is -1.36. The van der Waals surface area contributed by atoms with E-state index < -0.39 is 0 Å². The molecule has 0 aromatic carbocycles. The summed E-state index contributed by atoms with van der Waals surface area (Å²) in [4.78, 5) is 8.38. The zero-order valence-electron chi connectivity index (χ0n) is 7.53. The third-order valence-corrected chi connectivity index (χ3v) is 3.15. The number of nitrogen functional groups attached to an aromatic ring is 1. The number of hydrogen-bond acceptors (Lipinski definition) is 5. The first-order chi connectivity index (χ1) is 6.83. The molecule has 3 N–H and O–H groups in total. The summed E-state index contributed by atoms with van der Waals surface area (Å²) in [5, 5.41) is 5.38. The molecule has 1 fully saturated rings. The third-order valence-electron chi connectivity index (χ3n) is 2.24. The van der Waals surface area contributed by atoms with Crippen molar-refractivity contribution in [3.63, 3.8) is 0 Å². The van der Waals surface area contributed by atoms with Crippen molar-refractivity contribution in [2.24, 2.45) is 0 Å². The van der Waals surface area contributed by atoms with Crippen LogP contribution in [-0.4, -0.2) is 16.0 Å². The minimum Gasteiger partial charge on any atom is -0.368 e. The molecule has 5 heteroatoms. The molecule has 1 aliphatic carbocycles. The Kier molecular flexibility index (Phi) is 1.61. The van der Waals surface area contributed by atoms with E-state index in [1.807, 2.05) is 11.4 Å². The second-order valence-electron chi connectivity index (χ2n) is 3.48. The highest BCUT2D eigenvalue weighted by Crippen LogP contribution is 2.31. The van der Waals surface area contributed by atoms with Gasteiger partial charge in [0.1, 0.15) is 5.82 Å². The molecule has 0 unspecified atom stereocenters. The van der Waals surface area contributed by atoms with Crippen LogP contribution in [-0.2, 0) is 0 Å². The molecule has 72 valence electrons. The Morgan fingerprint density at radius 2 is 2.29 bits per heavy atom. The highest BCUT2D eigenvalue weighted by molar-refractivity contribution is 7.17. The molecular formula is C9H10N4S. The highest BCUT2D eigenvalue weighted by Gasteiger charge is 2.22. The molecule has 0 amide bonds. The lowest BCUT2D eigenvalue weighted by molar-refractivity contribution is 1.11. The maximum atomic E-state index is 5.62. The average Bonchev–Trinajstić information content (AvgIpc) is 2.81. The van der Waals surface area contributed by atoms with E-state index in [2.05, 4.69) is 15.3 Å². The van der Waals surface area contributed by atoms with Crippen molar-refractivity contribution in [1.29, 1.82) is 0 Å². The molecular weight excluding hydrogens is 196 g/mol. The van der Waals surface area contributed by atoms with Crippen LogP contribution < -0.4 is 11.1 Å². The van der Waals surface area contributed by atoms with Crippen molar-refractivity contribution in [2.75, 3.05) is 11.1 Å². The second-order valence-corrected chi connectivity index (χ2v) is 4.40. The van der Waals surface area contributed by atoms with Gasteiger partial charge in [-0.3, -0.25) is 0 Å². The second kappa shape index (κ2) is 2.81. The molecule has 0 saturated heterocycles. The van der Waals surface area contributed by atoms with Crippen LogP contribution in [0.25, 0.3) is 10.2 Å². The molecule has 2 heterocycles. The van der Waals surface area contributed by atoms with E-state index in [9.17, 15) is 0 Å². The van der Waals surface area contributed by atoms with E-state index >= 15 is 0 Å². The SMILES string of the molecule is Nc1nc(NC2CC2)c2sccc2n1. The summed E-state index contributed by atoms with van der Waals surface area (Å²) in [6.07, 6.45) is 2.47. The zero-order valence-corrected chi connectivity index (χ0v) is 8.34. The van der Waals surface area contributed by atoms with Crippen LogP contribution in [0.15, 0.2) is 11.4 Å². The molecule has 3 rings (SSSR count). The first-order valence-electron chi connectivity index (χ1n) is 4.60. The van der Waals surface area contributed by atoms with Gasteiger partial charge in [-0.2, -0.15) is 4.98 Å². The number of aromatic nitrogens is 2. The van der Waals surface area contributed by atoms with Gasteiger partial charge in [-0.05, 0) is 24.3 Å². The number of fused-ring (bicyclic) bond motifs is 1. The molecule has 0 aliphatic heterocycles. The minimum absolute atomic E-state index is 0.346. The summed E-state index contributed by atoms with van der Waals surface area (Å²) in [6.45, 7) is 0. The number of nitrogens with two attached hydrogens (primary N) is 1. The largest absolute Gasteiger partial charge is 0.368 e. The maximum absolute atomic E-state index is 5.62. The van der Waals surface area contributed by atoms with Crippen molar-refractivity contribution in [3.8, 4) is 0 Å². The molecule has 0 spiro atoms. The van der Waals surface area contributed by atoms with Crippen LogP contribution >= 0.6 is 11.3 Å². The summed E-state index contributed by atoms with van der Waals surface area (Å²) in [5.41, 5.74) is 6.56. The van der Waals surface area contributed by atoms with Gasteiger partial charge in [0.2, 0.25) is 5.95 Å². The normalized spacial score (nSPS) is 16.0. The molecule has 14 heavy (non-hydrogen) atoms. The molecule has 1 saturated carbocycles. The van der Waals surface area contributed by atoms with Gasteiger partial charge in [0.15, 0.2) is 0 Å². The summed E-state index contributed by atoms with van der Waals surface area (Å²) in [6, 6.07) is 2.56. The van der Waals surface area contributed by atoms with E-state index in [1.165, 1.54) is 12.8 Å². The van der Waals surface area contributed by atoms with Crippen molar-refractivity contribution < 1.29 is 0 Å². The number of nitrogens with one attached hydrogen (secondary N) is 1. The average molecular weight is 206 g/mol. The van der Waals surface area contributed by atoms with E-state index in [1.54, 1.807) is 11.3 Å². The molecule has 2 aromatic rings. The van der Waals surface area contributed by atoms with E-state index in [4.69, 9.17) is 5.73 Å². The monoisotopic (exact) mass is 206 g/mol. The quantitative estimate of drug-likeness (QED) is 0.787. The van der Waals surface area contributed by atoms with Gasteiger partial charge in [0.05, 0.1) is 10.2 Å². The third kappa shape index (κ3) is 1.29. The van der Waals surface area contributed by atoms with Crippen LogP contribution in [0.4, 0.5) is 11.8 Å². The molecule has 0 radical (unpaired) electrons. The standard InChI is InChI=1S/C9H10N4S/c10-9-12-6-3-4-14-7(6)8(13-9)11-5-1-2-5/h3-5H,1-2H2,(H3,10,11,12,13). The lowest BCUT2D eigenvalue weighted by atomic mass is 10.4. The fourth-order valence-corrected chi connectivity index (χ4v) is 2.18. The molecule has 2 aromatic heterocycles. The van der Waals surface area contributed by atoms with Crippen LogP contribution in [0.1, 0.15) is 12.8 Å². The summed E-state index contributed by atoms with van der Waals surface area (Å²) < 4.78 is 1.10. The predicted molar refractivity (Wildman–Crippen MR) is 58.5 cm³/mol. The summed E-state index contributed by atoms with van der Waals surface area (Å²) in [5.74, 6) is 1.24. The van der Waals surface area contributed by atoms with Gasteiger partial charge < -0.3 is 11.1 Å². The van der Waals surface area contributed by atoms with Crippen molar-refractivity contribution in [3.05, 3.63) is 11.4 Å². The van der Waals surface area contributed by atoms with Crippen LogP contribution in [0.3, 0.4) is 0 Å². The lowest BCUT2D eigenvalue weighted by Crippen LogP contribution is -2.05. The number of hydrogen-bond donors (Lipinski definition) is 2. The molecule has 4 nitrogen and oxygen atoms in total. The van der Waals surface area contributed by atoms with Crippen LogP contribution in [0, 0.1) is 0 Å². The van der Waals surface area contributed by atoms with Crippen LogP contribution in [0.5, 0.6) is 0 Å². The maximum Gasteiger partial charge on any atom is 0.222 e. The fourth-order valence-electron chi connectivity index (χ4n) is 1.40. The Labute approximate surface area is 85.2 Å². The first-order valence-corrected chi connectivity index (χ1v) is 5.48. The number of thiophene rings is 1. The Bertz CT molecular complexity index is 475. The molecule has 0 atom stereocenters. The van der Waals surface area contributed by atoms with Crippen molar-refractivity contribution in [1.82, 2.24) is 9.97 Å². The minimum atomic E-state index is 0.346. The number of anilines is 2. The van der Waals surface area contributed by atoms with E-state index in [0.717, 1.165) is 16.0 Å². The smallest absolute Gasteiger partial charge is 0.222 e. The Morgan fingerprint density at radius 1 is 1.43 bits per heavy atom. The van der Waals surface area contributed by atoms with Gasteiger partial charge in [0, 0.05) is 6.04 Å². The Balaban J connectivity index is 2.13.